The molecule has 3 rings (SSSR count). The summed E-state index contributed by atoms with van der Waals surface area (Å²) in [5.74, 6) is 3.01. The van der Waals surface area contributed by atoms with Gasteiger partial charge in [-0.05, 0) is 43.5 Å². The molecule has 2 nitrogen and oxygen atoms in total. The summed E-state index contributed by atoms with van der Waals surface area (Å²) in [5, 5.41) is 4.33. The number of benzene rings is 1. The minimum absolute atomic E-state index is 0.355. The highest BCUT2D eigenvalue weighted by atomic mass is 35.5. The lowest BCUT2D eigenvalue weighted by Gasteiger charge is -2.27. The van der Waals surface area contributed by atoms with Crippen molar-refractivity contribution in [3.8, 4) is 5.75 Å². The third-order valence-electron chi connectivity index (χ3n) is 3.79. The van der Waals surface area contributed by atoms with E-state index in [9.17, 15) is 0 Å². The van der Waals surface area contributed by atoms with Crippen LogP contribution in [-0.2, 0) is 6.42 Å². The number of rotatable bonds is 4. The summed E-state index contributed by atoms with van der Waals surface area (Å²) in [7, 11) is 0. The molecule has 2 saturated heterocycles. The first-order chi connectivity index (χ1) is 9.31. The lowest BCUT2D eigenvalue weighted by Crippen LogP contribution is -2.35. The lowest BCUT2D eigenvalue weighted by molar-refractivity contribution is 0.240. The molecule has 0 aliphatic carbocycles. The molecule has 4 heteroatoms. The Balaban J connectivity index is 1.61. The second-order valence-electron chi connectivity index (χ2n) is 5.39. The van der Waals surface area contributed by atoms with Gasteiger partial charge in [-0.3, -0.25) is 0 Å². The van der Waals surface area contributed by atoms with Gasteiger partial charge in [-0.2, -0.15) is 11.8 Å². The van der Waals surface area contributed by atoms with Gasteiger partial charge in [0.05, 0.1) is 5.02 Å². The van der Waals surface area contributed by atoms with Crippen LogP contribution in [0.15, 0.2) is 18.2 Å². The van der Waals surface area contributed by atoms with Crippen molar-refractivity contribution in [2.45, 2.75) is 37.8 Å². The first kappa shape index (κ1) is 13.6. The van der Waals surface area contributed by atoms with Gasteiger partial charge < -0.3 is 10.1 Å². The van der Waals surface area contributed by atoms with Crippen molar-refractivity contribution in [1.82, 2.24) is 5.32 Å². The molecule has 1 atom stereocenters. The van der Waals surface area contributed by atoms with E-state index < -0.39 is 0 Å². The molecular formula is C15H20ClNOS. The van der Waals surface area contributed by atoms with E-state index >= 15 is 0 Å². The molecule has 0 amide bonds. The summed E-state index contributed by atoms with van der Waals surface area (Å²) in [5.41, 5.74) is 1.31. The maximum absolute atomic E-state index is 6.32. The molecule has 0 radical (unpaired) electrons. The zero-order valence-electron chi connectivity index (χ0n) is 11.0. The number of piperidine rings is 1. The highest BCUT2D eigenvalue weighted by Crippen LogP contribution is 2.30. The van der Waals surface area contributed by atoms with E-state index in [1.54, 1.807) is 0 Å². The standard InChI is InChI=1S/C15H20ClNOS/c16-14-8-11(7-12-3-1-2-6-17-12)4-5-15(14)18-13-9-19-10-13/h4-5,8,12-13,17H,1-3,6-7,9-10H2. The number of hydrogen-bond acceptors (Lipinski definition) is 3. The van der Waals surface area contributed by atoms with Crippen LogP contribution in [0.1, 0.15) is 24.8 Å². The molecule has 1 aromatic rings. The Morgan fingerprint density at radius 1 is 1.32 bits per heavy atom. The van der Waals surface area contributed by atoms with Gasteiger partial charge in [-0.25, -0.2) is 0 Å². The Morgan fingerprint density at radius 3 is 2.84 bits per heavy atom. The van der Waals surface area contributed by atoms with Gasteiger partial charge in [0.1, 0.15) is 11.9 Å². The predicted octanol–water partition coefficient (Wildman–Crippen LogP) is 3.52. The van der Waals surface area contributed by atoms with E-state index in [0.717, 1.165) is 35.2 Å². The van der Waals surface area contributed by atoms with Crippen molar-refractivity contribution in [2.75, 3.05) is 18.1 Å². The largest absolute Gasteiger partial charge is 0.487 e. The first-order valence-electron chi connectivity index (χ1n) is 7.07. The Hall–Kier alpha value is -0.380. The van der Waals surface area contributed by atoms with Crippen LogP contribution >= 0.6 is 23.4 Å². The highest BCUT2D eigenvalue weighted by Gasteiger charge is 2.21. The maximum atomic E-state index is 6.32. The third-order valence-corrected chi connectivity index (χ3v) is 5.30. The number of hydrogen-bond donors (Lipinski definition) is 1. The molecular weight excluding hydrogens is 278 g/mol. The van der Waals surface area contributed by atoms with Crippen molar-refractivity contribution in [3.63, 3.8) is 0 Å². The van der Waals surface area contributed by atoms with Crippen LogP contribution < -0.4 is 10.1 Å². The SMILES string of the molecule is Clc1cc(CC2CCCCN2)ccc1OC1CSC1. The molecule has 0 aromatic heterocycles. The van der Waals surface area contributed by atoms with Gasteiger partial charge in [0.2, 0.25) is 0 Å². The minimum atomic E-state index is 0.355. The summed E-state index contributed by atoms with van der Waals surface area (Å²) in [6, 6.07) is 6.87. The number of thioether (sulfide) groups is 1. The van der Waals surface area contributed by atoms with Crippen molar-refractivity contribution in [3.05, 3.63) is 28.8 Å². The fraction of sp³-hybridized carbons (Fsp3) is 0.600. The first-order valence-corrected chi connectivity index (χ1v) is 8.61. The van der Waals surface area contributed by atoms with Gasteiger partial charge in [-0.1, -0.05) is 24.1 Å². The molecule has 2 fully saturated rings. The van der Waals surface area contributed by atoms with Gasteiger partial charge >= 0.3 is 0 Å². The van der Waals surface area contributed by atoms with Gasteiger partial charge in [-0.15, -0.1) is 0 Å². The molecule has 2 aliphatic rings. The Labute approximate surface area is 124 Å². The molecule has 0 spiro atoms. The summed E-state index contributed by atoms with van der Waals surface area (Å²) in [6.07, 6.45) is 5.34. The number of ether oxygens (including phenoxy) is 1. The van der Waals surface area contributed by atoms with Crippen LogP contribution in [0.3, 0.4) is 0 Å². The van der Waals surface area contributed by atoms with Crippen LogP contribution in [0.5, 0.6) is 5.75 Å². The monoisotopic (exact) mass is 297 g/mol. The van der Waals surface area contributed by atoms with E-state index in [1.807, 2.05) is 17.8 Å². The van der Waals surface area contributed by atoms with E-state index in [1.165, 1.54) is 24.8 Å². The van der Waals surface area contributed by atoms with Crippen molar-refractivity contribution in [2.24, 2.45) is 0 Å². The molecule has 104 valence electrons. The predicted molar refractivity (Wildman–Crippen MR) is 82.5 cm³/mol. The molecule has 2 aliphatic heterocycles. The number of halogens is 1. The van der Waals surface area contributed by atoms with Crippen LogP contribution in [-0.4, -0.2) is 30.2 Å². The Morgan fingerprint density at radius 2 is 2.21 bits per heavy atom. The van der Waals surface area contributed by atoms with Gasteiger partial charge in [0.15, 0.2) is 0 Å². The summed E-state index contributed by atoms with van der Waals surface area (Å²) < 4.78 is 5.86. The van der Waals surface area contributed by atoms with Crippen LogP contribution in [0, 0.1) is 0 Å². The van der Waals surface area contributed by atoms with Gasteiger partial charge in [0, 0.05) is 17.5 Å². The summed E-state index contributed by atoms with van der Waals surface area (Å²) in [4.78, 5) is 0. The van der Waals surface area contributed by atoms with Crippen LogP contribution in [0.25, 0.3) is 0 Å². The van der Waals surface area contributed by atoms with E-state index in [-0.39, 0.29) is 0 Å². The van der Waals surface area contributed by atoms with Crippen LogP contribution in [0.4, 0.5) is 0 Å². The Kier molecular flexibility index (Phi) is 4.57. The fourth-order valence-corrected chi connectivity index (χ4v) is 3.42. The quantitative estimate of drug-likeness (QED) is 0.919. The van der Waals surface area contributed by atoms with Crippen molar-refractivity contribution >= 4 is 23.4 Å². The van der Waals surface area contributed by atoms with E-state index in [2.05, 4.69) is 17.4 Å². The third kappa shape index (κ3) is 3.59. The lowest BCUT2D eigenvalue weighted by atomic mass is 9.98. The molecule has 2 heterocycles. The topological polar surface area (TPSA) is 21.3 Å². The fourth-order valence-electron chi connectivity index (χ4n) is 2.61. The smallest absolute Gasteiger partial charge is 0.138 e. The maximum Gasteiger partial charge on any atom is 0.138 e. The molecule has 1 N–H and O–H groups in total. The second-order valence-corrected chi connectivity index (χ2v) is 6.88. The molecule has 1 aromatic carbocycles. The average Bonchev–Trinajstić information content (AvgIpc) is 2.37. The zero-order valence-corrected chi connectivity index (χ0v) is 12.6. The van der Waals surface area contributed by atoms with Crippen molar-refractivity contribution < 1.29 is 4.74 Å². The number of nitrogens with one attached hydrogen (secondary N) is 1. The van der Waals surface area contributed by atoms with Crippen molar-refractivity contribution in [1.29, 1.82) is 0 Å². The zero-order chi connectivity index (χ0) is 13.1. The molecule has 0 bridgehead atoms. The molecule has 19 heavy (non-hydrogen) atoms. The van der Waals surface area contributed by atoms with E-state index in [4.69, 9.17) is 16.3 Å². The normalized spacial score (nSPS) is 23.9. The van der Waals surface area contributed by atoms with Crippen LogP contribution in [0.2, 0.25) is 5.02 Å². The second kappa shape index (κ2) is 6.38. The molecule has 0 saturated carbocycles. The minimum Gasteiger partial charge on any atom is -0.487 e. The highest BCUT2D eigenvalue weighted by molar-refractivity contribution is 8.00. The molecule has 1 unspecified atom stereocenters. The Bertz CT molecular complexity index is 430. The summed E-state index contributed by atoms with van der Waals surface area (Å²) >= 11 is 8.24. The van der Waals surface area contributed by atoms with E-state index in [0.29, 0.717) is 12.1 Å². The van der Waals surface area contributed by atoms with Gasteiger partial charge in [0.25, 0.3) is 0 Å². The summed E-state index contributed by atoms with van der Waals surface area (Å²) in [6.45, 7) is 1.15. The average molecular weight is 298 g/mol.